The number of benzene rings is 2. The van der Waals surface area contributed by atoms with Crippen molar-refractivity contribution in [2.24, 2.45) is 5.92 Å². The Kier molecular flexibility index (Phi) is 6.03. The molecule has 0 radical (unpaired) electrons. The van der Waals surface area contributed by atoms with Gasteiger partial charge >= 0.3 is 5.97 Å². The second-order valence-corrected chi connectivity index (χ2v) is 6.83. The third-order valence-corrected chi connectivity index (χ3v) is 4.87. The van der Waals surface area contributed by atoms with Crippen LogP contribution in [-0.4, -0.2) is 40.9 Å². The van der Waals surface area contributed by atoms with Gasteiger partial charge in [0.2, 0.25) is 11.8 Å². The Morgan fingerprint density at radius 1 is 1.07 bits per heavy atom. The van der Waals surface area contributed by atoms with Crippen LogP contribution in [0, 0.1) is 11.7 Å². The largest absolute Gasteiger partial charge is 0.478 e. The lowest BCUT2D eigenvalue weighted by molar-refractivity contribution is -0.133. The van der Waals surface area contributed by atoms with Crippen molar-refractivity contribution in [2.75, 3.05) is 18.4 Å². The minimum absolute atomic E-state index is 0.0490. The highest BCUT2D eigenvalue weighted by atomic mass is 19.1. The number of rotatable bonds is 5. The van der Waals surface area contributed by atoms with Crippen molar-refractivity contribution in [3.05, 3.63) is 65.5 Å². The summed E-state index contributed by atoms with van der Waals surface area (Å²) in [6.45, 7) is 0.959. The molecule has 0 aromatic heterocycles. The van der Waals surface area contributed by atoms with Crippen LogP contribution >= 0.6 is 0 Å². The van der Waals surface area contributed by atoms with Crippen LogP contribution in [0.1, 0.15) is 28.8 Å². The zero-order valence-corrected chi connectivity index (χ0v) is 15.2. The van der Waals surface area contributed by atoms with E-state index in [1.165, 1.54) is 30.3 Å². The number of halogens is 1. The normalized spacial score (nSPS) is 14.5. The van der Waals surface area contributed by atoms with E-state index in [1.54, 1.807) is 23.1 Å². The third kappa shape index (κ3) is 4.94. The van der Waals surface area contributed by atoms with E-state index in [2.05, 4.69) is 5.32 Å². The van der Waals surface area contributed by atoms with Gasteiger partial charge in [-0.3, -0.25) is 9.59 Å². The van der Waals surface area contributed by atoms with Crippen LogP contribution in [0.4, 0.5) is 10.1 Å². The van der Waals surface area contributed by atoms with Crippen LogP contribution in [-0.2, 0) is 16.0 Å². The molecule has 1 aliphatic heterocycles. The summed E-state index contributed by atoms with van der Waals surface area (Å²) in [6, 6.07) is 12.0. The number of anilines is 1. The van der Waals surface area contributed by atoms with Crippen molar-refractivity contribution in [1.82, 2.24) is 4.90 Å². The van der Waals surface area contributed by atoms with Gasteiger partial charge in [-0.05, 0) is 48.7 Å². The number of carboxylic acids is 1. The van der Waals surface area contributed by atoms with Crippen LogP contribution in [0.15, 0.2) is 48.5 Å². The minimum Gasteiger partial charge on any atom is -0.478 e. The Bertz CT molecular complexity index is 874. The number of hydrogen-bond donors (Lipinski definition) is 2. The lowest BCUT2D eigenvalue weighted by Crippen LogP contribution is -2.42. The predicted octanol–water partition coefficient (Wildman–Crippen LogP) is 2.94. The number of hydrogen-bond acceptors (Lipinski definition) is 3. The van der Waals surface area contributed by atoms with Crippen LogP contribution in [0.5, 0.6) is 0 Å². The first kappa shape index (κ1) is 19.5. The zero-order valence-electron chi connectivity index (χ0n) is 15.2. The standard InChI is InChI=1S/C21H21FN2O4/c22-17-2-1-3-18(13-17)23-20(26)15-8-10-24(11-9-15)19(25)12-14-4-6-16(7-5-14)21(27)28/h1-7,13,15H,8-12H2,(H,23,26)(H,27,28). The van der Waals surface area contributed by atoms with Gasteiger partial charge in [-0.2, -0.15) is 0 Å². The molecule has 28 heavy (non-hydrogen) atoms. The fourth-order valence-electron chi connectivity index (χ4n) is 3.25. The van der Waals surface area contributed by atoms with Gasteiger partial charge in [0.1, 0.15) is 5.82 Å². The van der Waals surface area contributed by atoms with E-state index in [9.17, 15) is 18.8 Å². The van der Waals surface area contributed by atoms with Crippen LogP contribution < -0.4 is 5.32 Å². The second kappa shape index (κ2) is 8.65. The Labute approximate surface area is 162 Å². The van der Waals surface area contributed by atoms with Gasteiger partial charge in [-0.25, -0.2) is 9.18 Å². The Morgan fingerprint density at radius 3 is 2.36 bits per heavy atom. The van der Waals surface area contributed by atoms with Gasteiger partial charge in [0.15, 0.2) is 0 Å². The minimum atomic E-state index is -1.00. The van der Waals surface area contributed by atoms with E-state index in [-0.39, 0.29) is 29.7 Å². The molecule has 1 fully saturated rings. The number of carbonyl (C=O) groups is 3. The van der Waals surface area contributed by atoms with Gasteiger partial charge < -0.3 is 15.3 Å². The molecule has 2 aromatic carbocycles. The highest BCUT2D eigenvalue weighted by molar-refractivity contribution is 5.92. The molecule has 3 rings (SSSR count). The van der Waals surface area contributed by atoms with E-state index >= 15 is 0 Å². The highest BCUT2D eigenvalue weighted by Crippen LogP contribution is 2.21. The van der Waals surface area contributed by atoms with Crippen molar-refractivity contribution < 1.29 is 23.9 Å². The molecule has 6 nitrogen and oxygen atoms in total. The van der Waals surface area contributed by atoms with Crippen molar-refractivity contribution >= 4 is 23.5 Å². The van der Waals surface area contributed by atoms with E-state index in [0.29, 0.717) is 31.6 Å². The van der Waals surface area contributed by atoms with Crippen molar-refractivity contribution in [3.8, 4) is 0 Å². The summed E-state index contributed by atoms with van der Waals surface area (Å²) in [5.74, 6) is -1.85. The van der Waals surface area contributed by atoms with Crippen molar-refractivity contribution in [3.63, 3.8) is 0 Å². The molecule has 2 aromatic rings. The average Bonchev–Trinajstić information content (AvgIpc) is 2.68. The highest BCUT2D eigenvalue weighted by Gasteiger charge is 2.27. The summed E-state index contributed by atoms with van der Waals surface area (Å²) < 4.78 is 13.2. The number of piperidine rings is 1. The molecule has 2 N–H and O–H groups in total. The van der Waals surface area contributed by atoms with E-state index < -0.39 is 11.8 Å². The van der Waals surface area contributed by atoms with Gasteiger partial charge in [-0.1, -0.05) is 18.2 Å². The predicted molar refractivity (Wildman–Crippen MR) is 101 cm³/mol. The molecular formula is C21H21FN2O4. The molecule has 0 bridgehead atoms. The van der Waals surface area contributed by atoms with Crippen molar-refractivity contribution in [2.45, 2.75) is 19.3 Å². The van der Waals surface area contributed by atoms with E-state index in [0.717, 1.165) is 5.56 Å². The lowest BCUT2D eigenvalue weighted by Gasteiger charge is -2.31. The first-order valence-corrected chi connectivity index (χ1v) is 9.09. The number of carbonyl (C=O) groups excluding carboxylic acids is 2. The molecule has 7 heteroatoms. The zero-order chi connectivity index (χ0) is 20.1. The van der Waals surface area contributed by atoms with Gasteiger partial charge in [-0.15, -0.1) is 0 Å². The van der Waals surface area contributed by atoms with Gasteiger partial charge in [0.05, 0.1) is 12.0 Å². The molecular weight excluding hydrogens is 363 g/mol. The van der Waals surface area contributed by atoms with E-state index in [4.69, 9.17) is 5.11 Å². The number of likely N-dealkylation sites (tertiary alicyclic amines) is 1. The van der Waals surface area contributed by atoms with E-state index in [1.807, 2.05) is 0 Å². The number of carboxylic acid groups (broad SMARTS) is 1. The molecule has 2 amide bonds. The maximum absolute atomic E-state index is 13.2. The van der Waals surface area contributed by atoms with Crippen molar-refractivity contribution in [1.29, 1.82) is 0 Å². The average molecular weight is 384 g/mol. The number of amides is 2. The van der Waals surface area contributed by atoms with Gasteiger partial charge in [0.25, 0.3) is 0 Å². The maximum atomic E-state index is 13.2. The molecule has 0 spiro atoms. The Morgan fingerprint density at radius 2 is 1.75 bits per heavy atom. The number of nitrogens with one attached hydrogen (secondary N) is 1. The monoisotopic (exact) mass is 384 g/mol. The second-order valence-electron chi connectivity index (χ2n) is 6.83. The molecule has 0 unspecified atom stereocenters. The molecule has 0 saturated carbocycles. The summed E-state index contributed by atoms with van der Waals surface area (Å²) >= 11 is 0. The van der Waals surface area contributed by atoms with Gasteiger partial charge in [0, 0.05) is 24.7 Å². The maximum Gasteiger partial charge on any atom is 0.335 e. The lowest BCUT2D eigenvalue weighted by atomic mass is 9.95. The quantitative estimate of drug-likeness (QED) is 0.830. The third-order valence-electron chi connectivity index (χ3n) is 4.87. The Hall–Kier alpha value is -3.22. The molecule has 0 atom stereocenters. The number of aromatic carboxylic acids is 1. The Balaban J connectivity index is 1.49. The first-order valence-electron chi connectivity index (χ1n) is 9.09. The molecule has 1 aliphatic rings. The first-order chi connectivity index (χ1) is 13.4. The summed E-state index contributed by atoms with van der Waals surface area (Å²) in [5.41, 5.74) is 1.36. The number of nitrogens with zero attached hydrogens (tertiary/aromatic N) is 1. The summed E-state index contributed by atoms with van der Waals surface area (Å²) in [7, 11) is 0. The molecule has 146 valence electrons. The van der Waals surface area contributed by atoms with Crippen LogP contribution in [0.3, 0.4) is 0 Å². The summed E-state index contributed by atoms with van der Waals surface area (Å²) in [4.78, 5) is 37.4. The fourth-order valence-corrected chi connectivity index (χ4v) is 3.25. The summed E-state index contributed by atoms with van der Waals surface area (Å²) in [6.07, 6.45) is 1.29. The fraction of sp³-hybridized carbons (Fsp3) is 0.286. The molecule has 1 saturated heterocycles. The molecule has 0 aliphatic carbocycles. The smallest absolute Gasteiger partial charge is 0.335 e. The summed E-state index contributed by atoms with van der Waals surface area (Å²) in [5, 5.41) is 11.6. The topological polar surface area (TPSA) is 86.7 Å². The van der Waals surface area contributed by atoms with Crippen LogP contribution in [0.2, 0.25) is 0 Å². The SMILES string of the molecule is O=C(O)c1ccc(CC(=O)N2CCC(C(=O)Nc3cccc(F)c3)CC2)cc1. The molecule has 1 heterocycles. The van der Waals surface area contributed by atoms with Crippen LogP contribution in [0.25, 0.3) is 0 Å².